The predicted octanol–water partition coefficient (Wildman–Crippen LogP) is 4.47. The van der Waals surface area contributed by atoms with Crippen LogP contribution in [0.2, 0.25) is 0 Å². The second-order valence-electron chi connectivity index (χ2n) is 4.44. The maximum Gasteiger partial charge on any atom is 0.229 e. The molecule has 0 bridgehead atoms. The SMILES string of the molecule is C=CCC/C=C/C=C/C(=C\C=C/C)Nc1nccc(NC)n1. The van der Waals surface area contributed by atoms with Gasteiger partial charge in [-0.3, -0.25) is 0 Å². The molecule has 0 saturated heterocycles. The first-order chi connectivity index (χ1) is 10.8. The molecular formula is C18H24N4. The molecule has 1 rings (SSSR count). The van der Waals surface area contributed by atoms with Gasteiger partial charge in [0.05, 0.1) is 0 Å². The van der Waals surface area contributed by atoms with E-state index in [0.717, 1.165) is 24.4 Å². The van der Waals surface area contributed by atoms with Crippen LogP contribution >= 0.6 is 0 Å². The zero-order chi connectivity index (χ0) is 16.0. The molecule has 0 spiro atoms. The van der Waals surface area contributed by atoms with Crippen molar-refractivity contribution in [3.05, 3.63) is 73.1 Å². The molecule has 1 aromatic rings. The molecule has 0 aromatic carbocycles. The lowest BCUT2D eigenvalue weighted by Gasteiger charge is -2.06. The molecule has 0 aliphatic rings. The number of nitrogens with one attached hydrogen (secondary N) is 2. The van der Waals surface area contributed by atoms with Gasteiger partial charge in [-0.2, -0.15) is 4.98 Å². The highest BCUT2D eigenvalue weighted by atomic mass is 15.1. The summed E-state index contributed by atoms with van der Waals surface area (Å²) in [4.78, 5) is 8.56. The fourth-order valence-electron chi connectivity index (χ4n) is 1.57. The summed E-state index contributed by atoms with van der Waals surface area (Å²) in [7, 11) is 1.83. The molecular weight excluding hydrogens is 272 g/mol. The van der Waals surface area contributed by atoms with Gasteiger partial charge in [-0.05, 0) is 38.0 Å². The Kier molecular flexibility index (Phi) is 8.78. The zero-order valence-corrected chi connectivity index (χ0v) is 13.3. The molecule has 2 N–H and O–H groups in total. The summed E-state index contributed by atoms with van der Waals surface area (Å²) in [5, 5.41) is 6.20. The van der Waals surface area contributed by atoms with Gasteiger partial charge < -0.3 is 10.6 Å². The molecule has 4 heteroatoms. The van der Waals surface area contributed by atoms with Crippen molar-refractivity contribution < 1.29 is 0 Å². The van der Waals surface area contributed by atoms with Crippen molar-refractivity contribution in [2.75, 3.05) is 17.7 Å². The van der Waals surface area contributed by atoms with Gasteiger partial charge in [0.15, 0.2) is 0 Å². The van der Waals surface area contributed by atoms with Crippen LogP contribution in [0.15, 0.2) is 73.1 Å². The molecule has 0 saturated carbocycles. The summed E-state index contributed by atoms with van der Waals surface area (Å²) >= 11 is 0. The summed E-state index contributed by atoms with van der Waals surface area (Å²) in [6, 6.07) is 1.82. The molecule has 0 unspecified atom stereocenters. The minimum absolute atomic E-state index is 0.558. The van der Waals surface area contributed by atoms with Crippen LogP contribution in [0.3, 0.4) is 0 Å². The number of nitrogens with zero attached hydrogens (tertiary/aromatic N) is 2. The monoisotopic (exact) mass is 296 g/mol. The van der Waals surface area contributed by atoms with E-state index in [4.69, 9.17) is 0 Å². The summed E-state index contributed by atoms with van der Waals surface area (Å²) in [6.45, 7) is 5.68. The molecule has 0 amide bonds. The lowest BCUT2D eigenvalue weighted by atomic mass is 10.2. The van der Waals surface area contributed by atoms with Crippen LogP contribution in [-0.4, -0.2) is 17.0 Å². The molecule has 0 aliphatic heterocycles. The van der Waals surface area contributed by atoms with Crippen LogP contribution in [0.5, 0.6) is 0 Å². The molecule has 0 radical (unpaired) electrons. The Bertz CT molecular complexity index is 568. The fourth-order valence-corrected chi connectivity index (χ4v) is 1.57. The summed E-state index contributed by atoms with van der Waals surface area (Å²) < 4.78 is 0. The maximum absolute atomic E-state index is 4.35. The lowest BCUT2D eigenvalue weighted by molar-refractivity contribution is 1.06. The predicted molar refractivity (Wildman–Crippen MR) is 95.8 cm³/mol. The Balaban J connectivity index is 2.74. The van der Waals surface area contributed by atoms with Crippen molar-refractivity contribution in [3.8, 4) is 0 Å². The van der Waals surface area contributed by atoms with E-state index in [-0.39, 0.29) is 0 Å². The Hall–Kier alpha value is -2.62. The average Bonchev–Trinajstić information content (AvgIpc) is 2.55. The number of rotatable bonds is 9. The highest BCUT2D eigenvalue weighted by molar-refractivity contribution is 5.46. The number of aromatic nitrogens is 2. The van der Waals surface area contributed by atoms with Gasteiger partial charge in [-0.15, -0.1) is 6.58 Å². The highest BCUT2D eigenvalue weighted by Crippen LogP contribution is 2.08. The van der Waals surface area contributed by atoms with Crippen LogP contribution < -0.4 is 10.6 Å². The quantitative estimate of drug-likeness (QED) is 0.401. The summed E-state index contributed by atoms with van der Waals surface area (Å²) in [5.74, 6) is 1.33. The van der Waals surface area contributed by atoms with Crippen molar-refractivity contribution in [1.82, 2.24) is 9.97 Å². The molecule has 0 atom stereocenters. The van der Waals surface area contributed by atoms with E-state index in [2.05, 4.69) is 33.3 Å². The van der Waals surface area contributed by atoms with Gasteiger partial charge in [-0.1, -0.05) is 36.5 Å². The molecule has 0 fully saturated rings. The van der Waals surface area contributed by atoms with E-state index in [1.54, 1.807) is 6.20 Å². The number of anilines is 2. The smallest absolute Gasteiger partial charge is 0.229 e. The van der Waals surface area contributed by atoms with Gasteiger partial charge in [0.2, 0.25) is 5.95 Å². The van der Waals surface area contributed by atoms with E-state index >= 15 is 0 Å². The van der Waals surface area contributed by atoms with E-state index in [0.29, 0.717) is 5.95 Å². The molecule has 4 nitrogen and oxygen atoms in total. The molecule has 22 heavy (non-hydrogen) atoms. The van der Waals surface area contributed by atoms with Crippen molar-refractivity contribution in [2.24, 2.45) is 0 Å². The first-order valence-electron chi connectivity index (χ1n) is 7.35. The molecule has 116 valence electrons. The minimum atomic E-state index is 0.558. The van der Waals surface area contributed by atoms with Crippen LogP contribution in [0.25, 0.3) is 0 Å². The Morgan fingerprint density at radius 2 is 2.14 bits per heavy atom. The highest BCUT2D eigenvalue weighted by Gasteiger charge is 1.98. The third kappa shape index (κ3) is 7.24. The number of unbranched alkanes of at least 4 members (excludes halogenated alkanes) is 1. The summed E-state index contributed by atoms with van der Waals surface area (Å²) in [6.07, 6.45) is 19.7. The van der Waals surface area contributed by atoms with Crippen molar-refractivity contribution in [3.63, 3.8) is 0 Å². The van der Waals surface area contributed by atoms with Crippen molar-refractivity contribution in [2.45, 2.75) is 19.8 Å². The number of hydrogen-bond donors (Lipinski definition) is 2. The zero-order valence-electron chi connectivity index (χ0n) is 13.3. The second kappa shape index (κ2) is 11.1. The third-order valence-electron chi connectivity index (χ3n) is 2.70. The molecule has 1 aromatic heterocycles. The normalized spacial score (nSPS) is 12.4. The topological polar surface area (TPSA) is 49.8 Å². The van der Waals surface area contributed by atoms with Crippen LogP contribution in [-0.2, 0) is 0 Å². The van der Waals surface area contributed by atoms with E-state index in [9.17, 15) is 0 Å². The lowest BCUT2D eigenvalue weighted by Crippen LogP contribution is -2.03. The Labute approximate surface area is 133 Å². The Morgan fingerprint density at radius 1 is 1.27 bits per heavy atom. The third-order valence-corrected chi connectivity index (χ3v) is 2.70. The Morgan fingerprint density at radius 3 is 2.86 bits per heavy atom. The molecule has 0 aliphatic carbocycles. The maximum atomic E-state index is 4.35. The van der Waals surface area contributed by atoms with E-state index < -0.39 is 0 Å². The van der Waals surface area contributed by atoms with E-state index in [1.165, 1.54) is 0 Å². The van der Waals surface area contributed by atoms with Gasteiger partial charge in [0.25, 0.3) is 0 Å². The second-order valence-corrected chi connectivity index (χ2v) is 4.44. The van der Waals surface area contributed by atoms with Gasteiger partial charge >= 0.3 is 0 Å². The van der Waals surface area contributed by atoms with Crippen LogP contribution in [0.4, 0.5) is 11.8 Å². The van der Waals surface area contributed by atoms with Crippen LogP contribution in [0.1, 0.15) is 19.8 Å². The largest absolute Gasteiger partial charge is 0.373 e. The first kappa shape index (κ1) is 17.4. The number of hydrogen-bond acceptors (Lipinski definition) is 4. The summed E-state index contributed by atoms with van der Waals surface area (Å²) in [5.41, 5.74) is 0.916. The van der Waals surface area contributed by atoms with Gasteiger partial charge in [0, 0.05) is 18.9 Å². The number of allylic oxidation sites excluding steroid dienone is 8. The molecule has 1 heterocycles. The fraction of sp³-hybridized carbons (Fsp3) is 0.222. The first-order valence-corrected chi connectivity index (χ1v) is 7.35. The van der Waals surface area contributed by atoms with Gasteiger partial charge in [0.1, 0.15) is 5.82 Å². The van der Waals surface area contributed by atoms with Crippen molar-refractivity contribution >= 4 is 11.8 Å². The van der Waals surface area contributed by atoms with Crippen molar-refractivity contribution in [1.29, 1.82) is 0 Å². The minimum Gasteiger partial charge on any atom is -0.373 e. The standard InChI is InChI=1S/C18H24N4/c1-4-6-8-9-10-11-13-16(12-7-5-2)21-18-20-15-14-17(19-3)22-18/h4-5,7,9-15H,1,6,8H2,2-3H3,(H2,19,20,21,22)/b7-5-,10-9+,13-11+,16-12+. The van der Waals surface area contributed by atoms with Crippen LogP contribution in [0, 0.1) is 0 Å². The van der Waals surface area contributed by atoms with E-state index in [1.807, 2.05) is 62.6 Å². The average molecular weight is 296 g/mol. The van der Waals surface area contributed by atoms with Gasteiger partial charge in [-0.25, -0.2) is 4.98 Å².